The molecule has 0 amide bonds. The molecule has 0 bridgehead atoms. The number of halogens is 1. The molecule has 0 aromatic heterocycles. The fraction of sp³-hybridized carbons (Fsp3) is 0.200. The number of ether oxygens (including phenoxy) is 1. The second kappa shape index (κ2) is 5.88. The van der Waals surface area contributed by atoms with E-state index in [1.165, 1.54) is 24.3 Å². The summed E-state index contributed by atoms with van der Waals surface area (Å²) in [5, 5.41) is 11.1. The molecule has 0 unspecified atom stereocenters. The van der Waals surface area contributed by atoms with Crippen LogP contribution in [0.1, 0.15) is 24.1 Å². The molecule has 2 aromatic rings. The van der Waals surface area contributed by atoms with Crippen LogP contribution in [0, 0.1) is 22.9 Å². The van der Waals surface area contributed by atoms with E-state index in [9.17, 15) is 14.5 Å². The van der Waals surface area contributed by atoms with Crippen LogP contribution < -0.4 is 10.5 Å². The van der Waals surface area contributed by atoms with Crippen molar-refractivity contribution in [2.24, 2.45) is 5.73 Å². The van der Waals surface area contributed by atoms with Gasteiger partial charge in [0.25, 0.3) is 0 Å². The van der Waals surface area contributed by atoms with Crippen molar-refractivity contribution in [3.63, 3.8) is 0 Å². The van der Waals surface area contributed by atoms with E-state index in [0.717, 1.165) is 0 Å². The lowest BCUT2D eigenvalue weighted by Crippen LogP contribution is -2.09. The summed E-state index contributed by atoms with van der Waals surface area (Å²) in [7, 11) is 0. The summed E-state index contributed by atoms with van der Waals surface area (Å²) in [6.45, 7) is 3.24. The number of rotatable bonds is 4. The van der Waals surface area contributed by atoms with Gasteiger partial charge < -0.3 is 10.5 Å². The van der Waals surface area contributed by atoms with Gasteiger partial charge in [0.15, 0.2) is 0 Å². The van der Waals surface area contributed by atoms with E-state index in [-0.39, 0.29) is 22.7 Å². The van der Waals surface area contributed by atoms with E-state index in [1.54, 1.807) is 26.0 Å². The Morgan fingerprint density at radius 2 is 1.86 bits per heavy atom. The molecule has 110 valence electrons. The highest BCUT2D eigenvalue weighted by atomic mass is 19.1. The molecule has 2 N–H and O–H groups in total. The van der Waals surface area contributed by atoms with Gasteiger partial charge >= 0.3 is 5.69 Å². The number of hydrogen-bond acceptors (Lipinski definition) is 4. The van der Waals surface area contributed by atoms with Gasteiger partial charge in [-0.2, -0.15) is 0 Å². The largest absolute Gasteiger partial charge is 0.450 e. The number of hydrogen-bond donors (Lipinski definition) is 1. The molecule has 5 nitrogen and oxygen atoms in total. The van der Waals surface area contributed by atoms with Crippen LogP contribution in [0.3, 0.4) is 0 Å². The zero-order valence-corrected chi connectivity index (χ0v) is 11.7. The number of aryl methyl sites for hydroxylation is 1. The summed E-state index contributed by atoms with van der Waals surface area (Å²) in [5.74, 6) is -0.260. The lowest BCUT2D eigenvalue weighted by molar-refractivity contribution is -0.386. The van der Waals surface area contributed by atoms with Gasteiger partial charge in [-0.1, -0.05) is 18.2 Å². The quantitative estimate of drug-likeness (QED) is 0.685. The maximum Gasteiger partial charge on any atom is 0.314 e. The van der Waals surface area contributed by atoms with Crippen LogP contribution >= 0.6 is 0 Å². The fourth-order valence-corrected chi connectivity index (χ4v) is 2.11. The first-order valence-corrected chi connectivity index (χ1v) is 6.37. The summed E-state index contributed by atoms with van der Waals surface area (Å²) >= 11 is 0. The topological polar surface area (TPSA) is 78.4 Å². The lowest BCUT2D eigenvalue weighted by atomic mass is 10.1. The minimum absolute atomic E-state index is 0.0625. The molecule has 21 heavy (non-hydrogen) atoms. The van der Waals surface area contributed by atoms with Crippen molar-refractivity contribution in [1.82, 2.24) is 0 Å². The molecule has 0 saturated heterocycles. The molecule has 2 aromatic carbocycles. The highest BCUT2D eigenvalue weighted by molar-refractivity contribution is 5.54. The predicted octanol–water partition coefficient (Wildman–Crippen LogP) is 3.85. The molecule has 0 aliphatic rings. The van der Waals surface area contributed by atoms with Crippen molar-refractivity contribution >= 4 is 5.69 Å². The zero-order valence-electron chi connectivity index (χ0n) is 11.7. The van der Waals surface area contributed by atoms with Crippen molar-refractivity contribution in [3.8, 4) is 11.5 Å². The highest BCUT2D eigenvalue weighted by Gasteiger charge is 2.21. The first kappa shape index (κ1) is 14.9. The van der Waals surface area contributed by atoms with Gasteiger partial charge in [0.1, 0.15) is 11.6 Å². The number of para-hydroxylation sites is 1. The standard InChI is InChI=1S/C15H15FN2O3/c1-9-5-3-8-13(15(9)18(19)20)21-12-7-4-6-11(16)14(12)10(2)17/h3-8,10H,17H2,1-2H3/t10-/m1/s1. The normalized spacial score (nSPS) is 12.0. The van der Waals surface area contributed by atoms with Crippen LogP contribution in [0.4, 0.5) is 10.1 Å². The van der Waals surface area contributed by atoms with Crippen LogP contribution in [-0.4, -0.2) is 4.92 Å². The van der Waals surface area contributed by atoms with Crippen LogP contribution in [0.15, 0.2) is 36.4 Å². The average molecular weight is 290 g/mol. The Hall–Kier alpha value is -2.47. The van der Waals surface area contributed by atoms with E-state index >= 15 is 0 Å². The van der Waals surface area contributed by atoms with Gasteiger partial charge in [0.05, 0.1) is 4.92 Å². The Morgan fingerprint density at radius 1 is 1.24 bits per heavy atom. The molecule has 6 heteroatoms. The predicted molar refractivity (Wildman–Crippen MR) is 76.9 cm³/mol. The average Bonchev–Trinajstić information content (AvgIpc) is 2.37. The number of nitrogens with zero attached hydrogens (tertiary/aromatic N) is 1. The van der Waals surface area contributed by atoms with Crippen molar-refractivity contribution in [1.29, 1.82) is 0 Å². The van der Waals surface area contributed by atoms with Crippen molar-refractivity contribution < 1.29 is 14.1 Å². The monoisotopic (exact) mass is 290 g/mol. The summed E-state index contributed by atoms with van der Waals surface area (Å²) in [6, 6.07) is 8.42. The minimum atomic E-state index is -0.593. The summed E-state index contributed by atoms with van der Waals surface area (Å²) in [5.41, 5.74) is 6.26. The minimum Gasteiger partial charge on any atom is -0.450 e. The van der Waals surface area contributed by atoms with Crippen molar-refractivity contribution in [2.75, 3.05) is 0 Å². The number of benzene rings is 2. The molecule has 0 radical (unpaired) electrons. The molecular formula is C15H15FN2O3. The fourth-order valence-electron chi connectivity index (χ4n) is 2.11. The highest BCUT2D eigenvalue weighted by Crippen LogP contribution is 2.37. The Balaban J connectivity index is 2.52. The van der Waals surface area contributed by atoms with Crippen molar-refractivity contribution in [3.05, 3.63) is 63.5 Å². The number of nitrogens with two attached hydrogens (primary N) is 1. The number of nitro groups is 1. The lowest BCUT2D eigenvalue weighted by Gasteiger charge is -2.14. The van der Waals surface area contributed by atoms with Gasteiger partial charge in [-0.25, -0.2) is 4.39 Å². The molecule has 0 fully saturated rings. The molecule has 0 heterocycles. The van der Waals surface area contributed by atoms with E-state index < -0.39 is 16.8 Å². The van der Waals surface area contributed by atoms with E-state index in [4.69, 9.17) is 10.5 Å². The van der Waals surface area contributed by atoms with Gasteiger partial charge in [0, 0.05) is 17.2 Å². The molecule has 0 spiro atoms. The van der Waals surface area contributed by atoms with Crippen LogP contribution in [-0.2, 0) is 0 Å². The van der Waals surface area contributed by atoms with E-state index in [0.29, 0.717) is 5.56 Å². The van der Waals surface area contributed by atoms with Crippen LogP contribution in [0.2, 0.25) is 0 Å². The molecule has 2 rings (SSSR count). The van der Waals surface area contributed by atoms with E-state index in [1.807, 2.05) is 0 Å². The third kappa shape index (κ3) is 3.00. The smallest absolute Gasteiger partial charge is 0.314 e. The van der Waals surface area contributed by atoms with Crippen LogP contribution in [0.25, 0.3) is 0 Å². The zero-order chi connectivity index (χ0) is 15.6. The third-order valence-corrected chi connectivity index (χ3v) is 3.07. The Morgan fingerprint density at radius 3 is 2.48 bits per heavy atom. The summed E-state index contributed by atoms with van der Waals surface area (Å²) in [4.78, 5) is 10.6. The molecule has 0 aliphatic heterocycles. The molecule has 1 atom stereocenters. The van der Waals surface area contributed by atoms with Gasteiger partial charge in [0.2, 0.25) is 5.75 Å². The number of nitro benzene ring substituents is 1. The van der Waals surface area contributed by atoms with Gasteiger partial charge in [-0.3, -0.25) is 10.1 Å². The maximum atomic E-state index is 13.8. The molecule has 0 saturated carbocycles. The Bertz CT molecular complexity index is 687. The molecule has 0 aliphatic carbocycles. The van der Waals surface area contributed by atoms with Crippen molar-refractivity contribution in [2.45, 2.75) is 19.9 Å². The first-order chi connectivity index (χ1) is 9.91. The second-order valence-corrected chi connectivity index (χ2v) is 4.72. The molecular weight excluding hydrogens is 275 g/mol. The van der Waals surface area contributed by atoms with Crippen LogP contribution in [0.5, 0.6) is 11.5 Å². The SMILES string of the molecule is Cc1cccc(Oc2cccc(F)c2[C@@H](C)N)c1[N+](=O)[O-]. The third-order valence-electron chi connectivity index (χ3n) is 3.07. The second-order valence-electron chi connectivity index (χ2n) is 4.72. The van der Waals surface area contributed by atoms with E-state index in [2.05, 4.69) is 0 Å². The first-order valence-electron chi connectivity index (χ1n) is 6.37. The Kier molecular flexibility index (Phi) is 4.18. The van der Waals surface area contributed by atoms with Gasteiger partial charge in [-0.15, -0.1) is 0 Å². The Labute approximate surface area is 121 Å². The summed E-state index contributed by atoms with van der Waals surface area (Å²) in [6.07, 6.45) is 0. The summed E-state index contributed by atoms with van der Waals surface area (Å²) < 4.78 is 19.4. The van der Waals surface area contributed by atoms with Gasteiger partial charge in [-0.05, 0) is 32.0 Å². The maximum absolute atomic E-state index is 13.8.